The third-order valence-corrected chi connectivity index (χ3v) is 4.66. The van der Waals surface area contributed by atoms with Gasteiger partial charge in [-0.3, -0.25) is 4.79 Å². The summed E-state index contributed by atoms with van der Waals surface area (Å²) in [6.45, 7) is 4.73. The Kier molecular flexibility index (Phi) is 5.42. The quantitative estimate of drug-likeness (QED) is 0.858. The normalized spacial score (nSPS) is 19.2. The van der Waals surface area contributed by atoms with Crippen molar-refractivity contribution in [2.75, 3.05) is 19.6 Å². The van der Waals surface area contributed by atoms with Crippen LogP contribution in [0.1, 0.15) is 30.1 Å². The van der Waals surface area contributed by atoms with Gasteiger partial charge in [0.2, 0.25) is 0 Å². The van der Waals surface area contributed by atoms with Crippen LogP contribution in [0, 0.1) is 0 Å². The van der Waals surface area contributed by atoms with Gasteiger partial charge in [-0.15, -0.1) is 0 Å². The highest BCUT2D eigenvalue weighted by molar-refractivity contribution is 9.11. The highest BCUT2D eigenvalue weighted by Gasteiger charge is 2.26. The van der Waals surface area contributed by atoms with Crippen LogP contribution in [0.4, 0.5) is 0 Å². The number of carbonyl (C=O) groups is 1. The van der Waals surface area contributed by atoms with Gasteiger partial charge in [0.05, 0.1) is 5.56 Å². The van der Waals surface area contributed by atoms with Crippen LogP contribution in [0.5, 0.6) is 0 Å². The van der Waals surface area contributed by atoms with Gasteiger partial charge in [0.1, 0.15) is 0 Å². The monoisotopic (exact) mass is 388 g/mol. The standard InChI is InChI=1S/C14H18Br2N2O/c1-2-18(11-4-3-7-17-9-11)14(19)12-8-10(15)5-6-13(12)16/h5-6,8,11,17H,2-4,7,9H2,1H3. The van der Waals surface area contributed by atoms with E-state index in [1.54, 1.807) is 0 Å². The van der Waals surface area contributed by atoms with E-state index >= 15 is 0 Å². The van der Waals surface area contributed by atoms with Crippen molar-refractivity contribution in [1.82, 2.24) is 10.2 Å². The van der Waals surface area contributed by atoms with Crippen LogP contribution in [0.2, 0.25) is 0 Å². The summed E-state index contributed by atoms with van der Waals surface area (Å²) in [5.74, 6) is 0.101. The fourth-order valence-electron chi connectivity index (χ4n) is 2.48. The maximum absolute atomic E-state index is 12.7. The van der Waals surface area contributed by atoms with Crippen LogP contribution in [0.25, 0.3) is 0 Å². The van der Waals surface area contributed by atoms with E-state index in [1.807, 2.05) is 30.0 Å². The summed E-state index contributed by atoms with van der Waals surface area (Å²) in [4.78, 5) is 14.7. The Labute approximate surface area is 131 Å². The zero-order valence-electron chi connectivity index (χ0n) is 11.0. The molecule has 0 saturated carbocycles. The predicted molar refractivity (Wildman–Crippen MR) is 84.4 cm³/mol. The molecule has 1 aromatic rings. The van der Waals surface area contributed by atoms with Gasteiger partial charge >= 0.3 is 0 Å². The molecule has 1 heterocycles. The van der Waals surface area contributed by atoms with Gasteiger partial charge in [-0.25, -0.2) is 0 Å². The number of rotatable bonds is 3. The van der Waals surface area contributed by atoms with Crippen molar-refractivity contribution in [2.24, 2.45) is 0 Å². The van der Waals surface area contributed by atoms with E-state index in [-0.39, 0.29) is 5.91 Å². The van der Waals surface area contributed by atoms with Crippen LogP contribution < -0.4 is 5.32 Å². The number of amides is 1. The second kappa shape index (κ2) is 6.86. The number of nitrogens with one attached hydrogen (secondary N) is 1. The average molecular weight is 390 g/mol. The fourth-order valence-corrected chi connectivity index (χ4v) is 3.26. The van der Waals surface area contributed by atoms with Crippen molar-refractivity contribution >= 4 is 37.8 Å². The number of piperidine rings is 1. The van der Waals surface area contributed by atoms with E-state index in [9.17, 15) is 4.79 Å². The second-order valence-corrected chi connectivity index (χ2v) is 6.49. The first-order valence-corrected chi connectivity index (χ1v) is 8.18. The SMILES string of the molecule is CCN(C(=O)c1cc(Br)ccc1Br)C1CCCNC1. The van der Waals surface area contributed by atoms with Crippen LogP contribution in [0.15, 0.2) is 27.1 Å². The first-order chi connectivity index (χ1) is 9.13. The maximum atomic E-state index is 12.7. The van der Waals surface area contributed by atoms with Crippen molar-refractivity contribution in [3.05, 3.63) is 32.7 Å². The summed E-state index contributed by atoms with van der Waals surface area (Å²) in [6.07, 6.45) is 2.21. The number of halogens is 2. The second-order valence-electron chi connectivity index (χ2n) is 4.72. The molecular formula is C14H18Br2N2O. The highest BCUT2D eigenvalue weighted by atomic mass is 79.9. The Balaban J connectivity index is 2.22. The molecule has 1 N–H and O–H groups in total. The zero-order chi connectivity index (χ0) is 13.8. The molecule has 0 aliphatic carbocycles. The van der Waals surface area contributed by atoms with Gasteiger partial charge in [-0.05, 0) is 60.4 Å². The topological polar surface area (TPSA) is 32.3 Å². The van der Waals surface area contributed by atoms with E-state index in [0.717, 1.165) is 47.0 Å². The molecule has 1 amide bonds. The number of nitrogens with zero attached hydrogens (tertiary/aromatic N) is 1. The van der Waals surface area contributed by atoms with Gasteiger partial charge < -0.3 is 10.2 Å². The highest BCUT2D eigenvalue weighted by Crippen LogP contribution is 2.24. The van der Waals surface area contributed by atoms with Gasteiger partial charge in [0, 0.05) is 28.1 Å². The molecule has 1 aliphatic heterocycles. The molecule has 104 valence electrons. The molecule has 0 spiro atoms. The summed E-state index contributed by atoms with van der Waals surface area (Å²) in [7, 11) is 0. The molecule has 0 aromatic heterocycles. The van der Waals surface area contributed by atoms with Crippen molar-refractivity contribution < 1.29 is 4.79 Å². The number of hydrogen-bond donors (Lipinski definition) is 1. The molecule has 0 bridgehead atoms. The van der Waals surface area contributed by atoms with Crippen LogP contribution in [-0.2, 0) is 0 Å². The van der Waals surface area contributed by atoms with Crippen LogP contribution in [-0.4, -0.2) is 36.5 Å². The summed E-state index contributed by atoms with van der Waals surface area (Å²) >= 11 is 6.90. The molecule has 1 atom stereocenters. The summed E-state index contributed by atoms with van der Waals surface area (Å²) in [5, 5.41) is 3.37. The molecule has 19 heavy (non-hydrogen) atoms. The molecule has 1 saturated heterocycles. The minimum absolute atomic E-state index is 0.101. The molecule has 1 aliphatic rings. The number of likely N-dealkylation sites (N-methyl/N-ethyl adjacent to an activating group) is 1. The van der Waals surface area contributed by atoms with Crippen LogP contribution in [0.3, 0.4) is 0 Å². The molecular weight excluding hydrogens is 372 g/mol. The summed E-state index contributed by atoms with van der Waals surface area (Å²) < 4.78 is 1.78. The molecule has 1 unspecified atom stereocenters. The Bertz CT molecular complexity index is 459. The maximum Gasteiger partial charge on any atom is 0.255 e. The smallest absolute Gasteiger partial charge is 0.255 e. The zero-order valence-corrected chi connectivity index (χ0v) is 14.1. The van der Waals surface area contributed by atoms with Crippen molar-refractivity contribution in [3.8, 4) is 0 Å². The Morgan fingerprint density at radius 3 is 2.89 bits per heavy atom. The van der Waals surface area contributed by atoms with Gasteiger partial charge in [0.15, 0.2) is 0 Å². The lowest BCUT2D eigenvalue weighted by Gasteiger charge is -2.34. The molecule has 1 aromatic carbocycles. The van der Waals surface area contributed by atoms with Crippen molar-refractivity contribution in [3.63, 3.8) is 0 Å². The number of benzene rings is 1. The lowest BCUT2D eigenvalue weighted by atomic mass is 10.0. The van der Waals surface area contributed by atoms with Gasteiger partial charge in [0.25, 0.3) is 5.91 Å². The van der Waals surface area contributed by atoms with E-state index in [2.05, 4.69) is 37.2 Å². The third kappa shape index (κ3) is 3.58. The van der Waals surface area contributed by atoms with Gasteiger partial charge in [-0.2, -0.15) is 0 Å². The van der Waals surface area contributed by atoms with E-state index in [1.165, 1.54) is 0 Å². The van der Waals surface area contributed by atoms with E-state index in [4.69, 9.17) is 0 Å². The van der Waals surface area contributed by atoms with E-state index in [0.29, 0.717) is 6.04 Å². The van der Waals surface area contributed by atoms with Gasteiger partial charge in [-0.1, -0.05) is 15.9 Å². The first-order valence-electron chi connectivity index (χ1n) is 6.60. The average Bonchev–Trinajstić information content (AvgIpc) is 2.43. The lowest BCUT2D eigenvalue weighted by Crippen LogP contribution is -2.48. The molecule has 3 nitrogen and oxygen atoms in total. The van der Waals surface area contributed by atoms with Crippen molar-refractivity contribution in [1.29, 1.82) is 0 Å². The predicted octanol–water partition coefficient (Wildman–Crippen LogP) is 3.43. The van der Waals surface area contributed by atoms with E-state index < -0.39 is 0 Å². The van der Waals surface area contributed by atoms with Crippen molar-refractivity contribution in [2.45, 2.75) is 25.8 Å². The third-order valence-electron chi connectivity index (χ3n) is 3.47. The molecule has 2 rings (SSSR count). The molecule has 1 fully saturated rings. The lowest BCUT2D eigenvalue weighted by molar-refractivity contribution is 0.0661. The fraction of sp³-hybridized carbons (Fsp3) is 0.500. The summed E-state index contributed by atoms with van der Waals surface area (Å²) in [6, 6.07) is 6.02. The molecule has 0 radical (unpaired) electrons. The minimum atomic E-state index is 0.101. The number of hydrogen-bond acceptors (Lipinski definition) is 2. The molecule has 5 heteroatoms. The number of carbonyl (C=O) groups excluding carboxylic acids is 1. The Hall–Kier alpha value is -0.390. The minimum Gasteiger partial charge on any atom is -0.335 e. The van der Waals surface area contributed by atoms with Crippen LogP contribution >= 0.6 is 31.9 Å². The largest absolute Gasteiger partial charge is 0.335 e. The Morgan fingerprint density at radius 1 is 1.47 bits per heavy atom. The Morgan fingerprint density at radius 2 is 2.26 bits per heavy atom. The first kappa shape index (κ1) is 15.0. The summed E-state index contributed by atoms with van der Waals surface area (Å²) in [5.41, 5.74) is 0.724.